The Bertz CT molecular complexity index is 879. The van der Waals surface area contributed by atoms with Gasteiger partial charge in [-0.2, -0.15) is 0 Å². The van der Waals surface area contributed by atoms with Crippen LogP contribution in [-0.2, 0) is 19.2 Å². The van der Waals surface area contributed by atoms with E-state index in [0.29, 0.717) is 21.4 Å². The molecule has 0 aromatic carbocycles. The van der Waals surface area contributed by atoms with Crippen molar-refractivity contribution < 1.29 is 29.4 Å². The van der Waals surface area contributed by atoms with Gasteiger partial charge in [-0.15, -0.1) is 22.0 Å². The van der Waals surface area contributed by atoms with Gasteiger partial charge in [-0.25, -0.2) is 4.79 Å². The highest BCUT2D eigenvalue weighted by Crippen LogP contribution is 2.41. The first kappa shape index (κ1) is 25.1. The lowest BCUT2D eigenvalue weighted by atomic mass is 10.0. The Labute approximate surface area is 189 Å². The summed E-state index contributed by atoms with van der Waals surface area (Å²) in [6, 6.07) is -1.84. The van der Waals surface area contributed by atoms with Crippen LogP contribution in [0.2, 0.25) is 0 Å². The maximum atomic E-state index is 12.6. The van der Waals surface area contributed by atoms with Gasteiger partial charge >= 0.3 is 11.9 Å². The molecule has 3 rings (SSSR count). The Balaban J connectivity index is 0.00000341. The number of aliphatic carboxylic acids is 2. The number of aromatic nitrogens is 2. The Kier molecular flexibility index (Phi) is 8.81. The molecule has 0 spiro atoms. The molecule has 9 N–H and O–H groups in total. The minimum absolute atomic E-state index is 0. The third-order valence-electron chi connectivity index (χ3n) is 4.51. The van der Waals surface area contributed by atoms with Gasteiger partial charge in [0.15, 0.2) is 4.34 Å². The molecule has 0 saturated carbocycles. The average Bonchev–Trinajstić information content (AvgIpc) is 3.22. The van der Waals surface area contributed by atoms with Crippen LogP contribution < -0.4 is 17.2 Å². The number of carbonyl (C=O) groups is 4. The van der Waals surface area contributed by atoms with Crippen LogP contribution in [-0.4, -0.2) is 78.0 Å². The van der Waals surface area contributed by atoms with Crippen LogP contribution in [0.15, 0.2) is 21.1 Å². The lowest BCUT2D eigenvalue weighted by Crippen LogP contribution is -2.70. The largest absolute Gasteiger partial charge is 0.480 e. The van der Waals surface area contributed by atoms with Gasteiger partial charge in [0, 0.05) is 17.9 Å². The number of carbonyl (C=O) groups excluding carboxylic acids is 2. The quantitative estimate of drug-likeness (QED) is 0.222. The predicted octanol–water partition coefficient (Wildman–Crippen LogP) is 0.327. The molecule has 0 radical (unpaired) electrons. The van der Waals surface area contributed by atoms with Gasteiger partial charge in [-0.05, 0) is 18.4 Å². The summed E-state index contributed by atoms with van der Waals surface area (Å²) in [6.45, 7) is 0. The van der Waals surface area contributed by atoms with Crippen molar-refractivity contribution in [2.75, 3.05) is 11.5 Å². The van der Waals surface area contributed by atoms with Crippen LogP contribution >= 0.6 is 34.9 Å². The molecule has 15 heteroatoms. The summed E-state index contributed by atoms with van der Waals surface area (Å²) in [7, 11) is 0. The lowest BCUT2D eigenvalue weighted by molar-refractivity contribution is -0.150. The Hall–Kier alpha value is -2.20. The van der Waals surface area contributed by atoms with E-state index in [4.69, 9.17) is 10.8 Å². The van der Waals surface area contributed by atoms with Crippen molar-refractivity contribution in [3.63, 3.8) is 0 Å². The fraction of sp³-hybridized carbons (Fsp3) is 0.500. The summed E-state index contributed by atoms with van der Waals surface area (Å²) >= 11 is 4.10. The van der Waals surface area contributed by atoms with E-state index in [1.807, 2.05) is 0 Å². The van der Waals surface area contributed by atoms with Crippen molar-refractivity contribution in [2.45, 2.75) is 41.1 Å². The highest BCUT2D eigenvalue weighted by Gasteiger charge is 2.54. The normalized spacial score (nSPS) is 20.9. The number of quaternary nitrogens is 1. The Morgan fingerprint density at radius 3 is 2.74 bits per heavy atom. The van der Waals surface area contributed by atoms with Crippen molar-refractivity contribution in [2.24, 2.45) is 5.73 Å². The molecule has 2 aliphatic rings. The van der Waals surface area contributed by atoms with Crippen LogP contribution in [0, 0.1) is 0 Å². The molecular formula is C16H23N6O6S3+. The van der Waals surface area contributed by atoms with Crippen LogP contribution in [0.5, 0.6) is 0 Å². The topological polar surface area (TPSA) is 212 Å². The van der Waals surface area contributed by atoms with E-state index in [-0.39, 0.29) is 31.1 Å². The fourth-order valence-corrected chi connectivity index (χ4v) is 5.99. The molecule has 2 aliphatic heterocycles. The van der Waals surface area contributed by atoms with E-state index >= 15 is 0 Å². The van der Waals surface area contributed by atoms with Crippen LogP contribution in [0.4, 0.5) is 0 Å². The molecule has 2 amide bonds. The van der Waals surface area contributed by atoms with Gasteiger partial charge in [0.05, 0.1) is 0 Å². The summed E-state index contributed by atoms with van der Waals surface area (Å²) < 4.78 is 0.710. The molecule has 1 aromatic rings. The third kappa shape index (κ3) is 5.74. The zero-order chi connectivity index (χ0) is 21.8. The molecule has 0 aliphatic carbocycles. The van der Waals surface area contributed by atoms with Gasteiger partial charge in [-0.1, -0.05) is 23.1 Å². The molecule has 1 fully saturated rings. The van der Waals surface area contributed by atoms with Gasteiger partial charge in [0.1, 0.15) is 28.7 Å². The van der Waals surface area contributed by atoms with Crippen molar-refractivity contribution in [3.05, 3.63) is 16.8 Å². The standard InChI is InChI=1S/C16H19N5O6S3.H3N/c17-8(14(24)25)2-1-3-9(22)19-10-12(23)21-11(15(26)27)7(4-28-13(10)21)5-29-16-20-18-6-30-16;/h6,8,10,13H,1-5,17H2,(H,19,22)(H,24,25)(H,26,27);1H3/p+1. The molecule has 170 valence electrons. The number of nitrogens with zero attached hydrogens (tertiary/aromatic N) is 3. The Morgan fingerprint density at radius 1 is 1.39 bits per heavy atom. The fourth-order valence-electron chi connectivity index (χ4n) is 3.02. The number of nitrogens with one attached hydrogen (secondary N) is 1. The highest BCUT2D eigenvalue weighted by molar-refractivity contribution is 8.01. The van der Waals surface area contributed by atoms with Crippen molar-refractivity contribution >= 4 is 58.6 Å². The van der Waals surface area contributed by atoms with Gasteiger partial charge < -0.3 is 27.4 Å². The first-order chi connectivity index (χ1) is 14.3. The summed E-state index contributed by atoms with van der Waals surface area (Å²) in [5.74, 6) is -2.40. The predicted molar refractivity (Wildman–Crippen MR) is 116 cm³/mol. The SMILES string of the molecule is NC(CCCC(=O)NC1C(=O)N2C(C(=O)O)=C(CSc3nncs3)CSC12)C(=O)O.[NH4+]. The second-order valence-corrected chi connectivity index (χ2v) is 9.70. The van der Waals surface area contributed by atoms with E-state index in [9.17, 15) is 24.3 Å². The van der Waals surface area contributed by atoms with E-state index in [1.54, 1.807) is 5.51 Å². The highest BCUT2D eigenvalue weighted by atomic mass is 32.2. The maximum Gasteiger partial charge on any atom is 0.352 e. The molecule has 3 heterocycles. The first-order valence-electron chi connectivity index (χ1n) is 8.86. The Morgan fingerprint density at radius 2 is 2.13 bits per heavy atom. The van der Waals surface area contributed by atoms with Gasteiger partial charge in [-0.3, -0.25) is 19.3 Å². The molecular weight excluding hydrogens is 468 g/mol. The molecule has 12 nitrogen and oxygen atoms in total. The van der Waals surface area contributed by atoms with Crippen molar-refractivity contribution in [1.29, 1.82) is 0 Å². The summed E-state index contributed by atoms with van der Waals surface area (Å²) in [5, 5.41) is 28.2. The number of carboxylic acid groups (broad SMARTS) is 2. The molecule has 3 atom stereocenters. The average molecular weight is 492 g/mol. The number of thioether (sulfide) groups is 2. The number of fused-ring (bicyclic) bond motifs is 1. The van der Waals surface area contributed by atoms with Gasteiger partial charge in [0.2, 0.25) is 5.91 Å². The summed E-state index contributed by atoms with van der Waals surface area (Å²) in [4.78, 5) is 48.4. The monoisotopic (exact) mass is 491 g/mol. The zero-order valence-corrected chi connectivity index (χ0v) is 19.0. The van der Waals surface area contributed by atoms with Gasteiger partial charge in [0.25, 0.3) is 5.91 Å². The number of rotatable bonds is 10. The van der Waals surface area contributed by atoms with Crippen LogP contribution in [0.3, 0.4) is 0 Å². The second kappa shape index (κ2) is 10.9. The molecule has 31 heavy (non-hydrogen) atoms. The van der Waals surface area contributed by atoms with Crippen molar-refractivity contribution in [3.8, 4) is 0 Å². The minimum Gasteiger partial charge on any atom is -0.480 e. The number of β-lactam (4-membered cyclic amide) rings is 1. The smallest absolute Gasteiger partial charge is 0.352 e. The summed E-state index contributed by atoms with van der Waals surface area (Å²) in [6.07, 6.45) is 0.454. The lowest BCUT2D eigenvalue weighted by Gasteiger charge is -2.49. The van der Waals surface area contributed by atoms with E-state index in [0.717, 1.165) is 0 Å². The van der Waals surface area contributed by atoms with Crippen molar-refractivity contribution in [1.82, 2.24) is 26.6 Å². The third-order valence-corrected chi connectivity index (χ3v) is 7.80. The number of hydrogen-bond acceptors (Lipinski definition) is 10. The number of hydrogen-bond donors (Lipinski definition) is 5. The second-order valence-electron chi connectivity index (χ2n) is 6.54. The molecule has 3 unspecified atom stereocenters. The zero-order valence-electron chi connectivity index (χ0n) is 16.5. The number of nitrogens with two attached hydrogens (primary N) is 1. The molecule has 0 bridgehead atoms. The van der Waals surface area contributed by atoms with Crippen LogP contribution in [0.1, 0.15) is 19.3 Å². The maximum absolute atomic E-state index is 12.6. The van der Waals surface area contributed by atoms with E-state index < -0.39 is 41.2 Å². The first-order valence-corrected chi connectivity index (χ1v) is 11.8. The summed E-state index contributed by atoms with van der Waals surface area (Å²) in [5.41, 5.74) is 7.56. The molecule has 1 aromatic heterocycles. The van der Waals surface area contributed by atoms with E-state index in [2.05, 4.69) is 15.5 Å². The van der Waals surface area contributed by atoms with Crippen LogP contribution in [0.25, 0.3) is 0 Å². The molecule has 1 saturated heterocycles. The number of amides is 2. The number of carboxylic acids is 2. The minimum atomic E-state index is -1.19. The van der Waals surface area contributed by atoms with E-state index in [1.165, 1.54) is 39.8 Å².